The zero-order chi connectivity index (χ0) is 22.4. The zero-order valence-corrected chi connectivity index (χ0v) is 23.2. The maximum Gasteiger partial charge on any atom is 0.0676 e. The van der Waals surface area contributed by atoms with E-state index in [4.69, 9.17) is 0 Å². The molecule has 0 aromatic heterocycles. The van der Waals surface area contributed by atoms with Crippen LogP contribution < -0.4 is 0 Å². The van der Waals surface area contributed by atoms with Gasteiger partial charge < -0.3 is 0 Å². The molecule has 174 valence electrons. The van der Waals surface area contributed by atoms with Crippen LogP contribution in [0.15, 0.2) is 0 Å². The summed E-state index contributed by atoms with van der Waals surface area (Å²) in [6, 6.07) is 5.45. The Morgan fingerprint density at radius 1 is 0.933 bits per heavy atom. The lowest BCUT2D eigenvalue weighted by Crippen LogP contribution is -2.54. The summed E-state index contributed by atoms with van der Waals surface area (Å²) in [5.74, 6) is 4.17. The molecule has 1 fully saturated rings. The maximum atomic E-state index is 3.54. The van der Waals surface area contributed by atoms with E-state index < -0.39 is 0 Å². The summed E-state index contributed by atoms with van der Waals surface area (Å²) < 4.78 is 2.23. The summed E-state index contributed by atoms with van der Waals surface area (Å²) in [5.41, 5.74) is 0.593. The Hall–Kier alpha value is 0.0500. The van der Waals surface area contributed by atoms with Gasteiger partial charge >= 0.3 is 0 Å². The molecule has 2 rings (SSSR count). The molecular formula is C27H49IN2. The highest BCUT2D eigenvalue weighted by atomic mass is 127. The maximum absolute atomic E-state index is 3.54. The molecule has 1 saturated heterocycles. The smallest absolute Gasteiger partial charge is 0.0676 e. The molecule has 2 nitrogen and oxygen atoms in total. The molecule has 0 aromatic rings. The minimum absolute atomic E-state index is 0.236. The van der Waals surface area contributed by atoms with Crippen LogP contribution in [0.1, 0.15) is 119 Å². The van der Waals surface area contributed by atoms with Gasteiger partial charge in [0.1, 0.15) is 0 Å². The monoisotopic (exact) mass is 528 g/mol. The van der Waals surface area contributed by atoms with Crippen LogP contribution in [0.25, 0.3) is 0 Å². The molecule has 0 spiro atoms. The fraction of sp³-hybridized carbons (Fsp3) is 0.926. The van der Waals surface area contributed by atoms with E-state index in [1.165, 1.54) is 64.2 Å². The molecular weight excluding hydrogens is 479 g/mol. The van der Waals surface area contributed by atoms with Gasteiger partial charge in [0.15, 0.2) is 0 Å². The Balaban J connectivity index is 2.39. The van der Waals surface area contributed by atoms with Crippen molar-refractivity contribution in [3.05, 3.63) is 0 Å². The first-order valence-corrected chi connectivity index (χ1v) is 13.8. The number of rotatable bonds is 10. The molecule has 30 heavy (non-hydrogen) atoms. The quantitative estimate of drug-likeness (QED) is 0.123. The summed E-state index contributed by atoms with van der Waals surface area (Å²) in [4.78, 5) is 3.07. The molecule has 0 amide bonds. The molecule has 4 atom stereocenters. The van der Waals surface area contributed by atoms with Crippen LogP contribution in [-0.2, 0) is 0 Å². The second kappa shape index (κ2) is 11.8. The number of hydrogen-bond donors (Lipinski definition) is 0. The van der Waals surface area contributed by atoms with Crippen molar-refractivity contribution in [2.24, 2.45) is 16.7 Å². The van der Waals surface area contributed by atoms with E-state index in [1.54, 1.807) is 0 Å². The predicted molar refractivity (Wildman–Crippen MR) is 141 cm³/mol. The Morgan fingerprint density at radius 2 is 1.53 bits per heavy atom. The van der Waals surface area contributed by atoms with Crippen LogP contribution in [0.3, 0.4) is 0 Å². The zero-order valence-electron chi connectivity index (χ0n) is 21.1. The third kappa shape index (κ3) is 6.77. The van der Waals surface area contributed by atoms with Gasteiger partial charge in [-0.1, -0.05) is 99.3 Å². The molecule has 0 aliphatic carbocycles. The summed E-state index contributed by atoms with van der Waals surface area (Å²) in [6.45, 7) is 18.3. The van der Waals surface area contributed by atoms with E-state index in [1.807, 2.05) is 0 Å². The third-order valence-corrected chi connectivity index (χ3v) is 8.42. The van der Waals surface area contributed by atoms with Gasteiger partial charge in [0.05, 0.1) is 22.9 Å². The van der Waals surface area contributed by atoms with Gasteiger partial charge in [-0.05, 0) is 36.0 Å². The van der Waals surface area contributed by atoms with Crippen molar-refractivity contribution in [2.45, 2.75) is 137 Å². The first-order chi connectivity index (χ1) is 14.1. The topological polar surface area (TPSA) is 6.48 Å². The molecule has 0 saturated carbocycles. The van der Waals surface area contributed by atoms with E-state index in [-0.39, 0.29) is 5.41 Å². The van der Waals surface area contributed by atoms with Crippen molar-refractivity contribution < 1.29 is 0 Å². The van der Waals surface area contributed by atoms with E-state index in [0.29, 0.717) is 23.4 Å². The highest BCUT2D eigenvalue weighted by Crippen LogP contribution is 2.52. The Labute approximate surface area is 202 Å². The minimum Gasteiger partial charge on any atom is -0.293 e. The van der Waals surface area contributed by atoms with Crippen LogP contribution in [0, 0.1) is 28.7 Å². The van der Waals surface area contributed by atoms with Crippen molar-refractivity contribution in [3.8, 4) is 12.0 Å². The molecule has 2 heterocycles. The van der Waals surface area contributed by atoms with Gasteiger partial charge in [0.2, 0.25) is 0 Å². The summed E-state index contributed by atoms with van der Waals surface area (Å²) in [7, 11) is 0. The van der Waals surface area contributed by atoms with Gasteiger partial charge in [-0.3, -0.25) is 8.01 Å². The fourth-order valence-corrected chi connectivity index (χ4v) is 7.09. The van der Waals surface area contributed by atoms with Gasteiger partial charge in [-0.15, -0.1) is 0 Å². The second-order valence-corrected chi connectivity index (χ2v) is 12.7. The van der Waals surface area contributed by atoms with Gasteiger partial charge in [-0.25, -0.2) is 0 Å². The van der Waals surface area contributed by atoms with Crippen LogP contribution in [0.2, 0.25) is 0 Å². The van der Waals surface area contributed by atoms with Gasteiger partial charge in [0.25, 0.3) is 0 Å². The SMILES string of the molecule is CCCCCCC(CCCCC)N1C2CC(C)(C)C1C(C)CN(I)C#CCC2(C)C. The lowest BCUT2D eigenvalue weighted by Gasteiger charge is -2.47. The van der Waals surface area contributed by atoms with Crippen molar-refractivity contribution in [2.75, 3.05) is 6.54 Å². The van der Waals surface area contributed by atoms with Crippen molar-refractivity contribution >= 4 is 22.9 Å². The average molecular weight is 529 g/mol. The molecule has 0 aromatic carbocycles. The Morgan fingerprint density at radius 3 is 2.17 bits per heavy atom. The third-order valence-electron chi connectivity index (χ3n) is 7.79. The second-order valence-electron chi connectivity index (χ2n) is 11.6. The first kappa shape index (κ1) is 26.3. The predicted octanol–water partition coefficient (Wildman–Crippen LogP) is 8.05. The largest absolute Gasteiger partial charge is 0.293 e. The lowest BCUT2D eigenvalue weighted by molar-refractivity contribution is 0.0144. The number of nitrogens with zero attached hydrogens (tertiary/aromatic N) is 2. The van der Waals surface area contributed by atoms with Crippen LogP contribution >= 0.6 is 22.9 Å². The molecule has 0 radical (unpaired) electrons. The number of hydrogen-bond acceptors (Lipinski definition) is 2. The van der Waals surface area contributed by atoms with Crippen molar-refractivity contribution in [1.29, 1.82) is 0 Å². The first-order valence-electron chi connectivity index (χ1n) is 12.8. The summed E-state index contributed by atoms with van der Waals surface area (Å²) >= 11 is 2.43. The molecule has 3 heteroatoms. The molecule has 2 bridgehead atoms. The highest BCUT2D eigenvalue weighted by molar-refractivity contribution is 14.1. The number of fused-ring (bicyclic) bond motifs is 2. The Kier molecular flexibility index (Phi) is 10.3. The van der Waals surface area contributed by atoms with Crippen LogP contribution in [0.5, 0.6) is 0 Å². The summed E-state index contributed by atoms with van der Waals surface area (Å²) in [5, 5.41) is 0. The molecule has 0 N–H and O–H groups in total. The average Bonchev–Trinajstić information content (AvgIpc) is 2.94. The fourth-order valence-electron chi connectivity index (χ4n) is 6.30. The van der Waals surface area contributed by atoms with E-state index in [2.05, 4.69) is 91.3 Å². The van der Waals surface area contributed by atoms with Crippen molar-refractivity contribution in [1.82, 2.24) is 8.01 Å². The Bertz CT molecular complexity index is 573. The number of halogens is 1. The molecule has 2 aliphatic rings. The van der Waals surface area contributed by atoms with Crippen LogP contribution in [0.4, 0.5) is 0 Å². The van der Waals surface area contributed by atoms with E-state index in [9.17, 15) is 0 Å². The minimum atomic E-state index is 0.236. The molecule has 2 aliphatic heterocycles. The standard InChI is InChI=1S/C27H49IN2/c1-8-10-12-14-17-23(16-13-11-9-2)30-24-20-27(6,7)25(30)22(3)21-29(28)19-15-18-26(24,4)5/h22-25H,8-14,16-18,20-21H2,1-7H3. The number of unbranched alkanes of at least 4 members (excludes halogenated alkanes) is 5. The lowest BCUT2D eigenvalue weighted by atomic mass is 9.74. The molecule has 4 unspecified atom stereocenters. The summed E-state index contributed by atoms with van der Waals surface area (Å²) in [6.07, 6.45) is 14.7. The van der Waals surface area contributed by atoms with E-state index in [0.717, 1.165) is 19.0 Å². The van der Waals surface area contributed by atoms with Gasteiger partial charge in [0, 0.05) is 37.1 Å². The normalized spacial score (nSPS) is 29.3. The van der Waals surface area contributed by atoms with Crippen LogP contribution in [-0.4, -0.2) is 32.7 Å². The highest BCUT2D eigenvalue weighted by Gasteiger charge is 2.54. The van der Waals surface area contributed by atoms with Crippen molar-refractivity contribution in [3.63, 3.8) is 0 Å². The van der Waals surface area contributed by atoms with E-state index >= 15 is 0 Å². The van der Waals surface area contributed by atoms with Gasteiger partial charge in [-0.2, -0.15) is 0 Å².